The van der Waals surface area contributed by atoms with Gasteiger partial charge in [-0.3, -0.25) is 14.9 Å². The fraction of sp³-hybridized carbons (Fsp3) is 0.304. The standard InChI is InChI=1S/C23H26N4O6/c1-14-18(15(2)26(24-14)16-10-8-7-9-11-16)13-25(3)23(28)17-12-19(31-4)21(32-5)22(33-6)20(17)27(29)30/h7-12H,13H2,1-6H3. The summed E-state index contributed by atoms with van der Waals surface area (Å²) < 4.78 is 17.5. The van der Waals surface area contributed by atoms with Gasteiger partial charge in [-0.25, -0.2) is 4.68 Å². The number of nitrogens with zero attached hydrogens (tertiary/aromatic N) is 4. The van der Waals surface area contributed by atoms with E-state index in [9.17, 15) is 14.9 Å². The van der Waals surface area contributed by atoms with E-state index in [4.69, 9.17) is 14.2 Å². The second-order valence-electron chi connectivity index (χ2n) is 7.36. The third-order valence-corrected chi connectivity index (χ3v) is 5.40. The van der Waals surface area contributed by atoms with Crippen LogP contribution in [0.3, 0.4) is 0 Å². The molecule has 1 aromatic heterocycles. The van der Waals surface area contributed by atoms with Crippen molar-refractivity contribution in [3.63, 3.8) is 0 Å². The number of methoxy groups -OCH3 is 3. The largest absolute Gasteiger partial charge is 0.493 e. The molecular weight excluding hydrogens is 428 g/mol. The van der Waals surface area contributed by atoms with Gasteiger partial charge in [0.2, 0.25) is 11.5 Å². The highest BCUT2D eigenvalue weighted by Crippen LogP contribution is 2.46. The summed E-state index contributed by atoms with van der Waals surface area (Å²) in [6.45, 7) is 3.99. The van der Waals surface area contributed by atoms with Gasteiger partial charge >= 0.3 is 5.69 Å². The van der Waals surface area contributed by atoms with Crippen LogP contribution in [0.2, 0.25) is 0 Å². The monoisotopic (exact) mass is 454 g/mol. The maximum absolute atomic E-state index is 13.4. The van der Waals surface area contributed by atoms with Crippen LogP contribution in [0, 0.1) is 24.0 Å². The van der Waals surface area contributed by atoms with Crippen molar-refractivity contribution in [1.82, 2.24) is 14.7 Å². The highest BCUT2D eigenvalue weighted by molar-refractivity contribution is 6.00. The van der Waals surface area contributed by atoms with Gasteiger partial charge in [-0.1, -0.05) is 18.2 Å². The second kappa shape index (κ2) is 9.60. The summed E-state index contributed by atoms with van der Waals surface area (Å²) in [6.07, 6.45) is 0. The van der Waals surface area contributed by atoms with E-state index in [0.29, 0.717) is 0 Å². The molecule has 0 bridgehead atoms. The van der Waals surface area contributed by atoms with Gasteiger partial charge in [0, 0.05) is 30.9 Å². The molecule has 10 heteroatoms. The Morgan fingerprint density at radius 2 is 1.73 bits per heavy atom. The maximum atomic E-state index is 13.4. The lowest BCUT2D eigenvalue weighted by atomic mass is 10.1. The van der Waals surface area contributed by atoms with Gasteiger partial charge in [-0.05, 0) is 26.0 Å². The molecule has 0 saturated carbocycles. The molecule has 174 valence electrons. The lowest BCUT2D eigenvalue weighted by Crippen LogP contribution is -2.27. The quantitative estimate of drug-likeness (QED) is 0.377. The number of rotatable bonds is 8. The lowest BCUT2D eigenvalue weighted by molar-refractivity contribution is -0.386. The Morgan fingerprint density at radius 3 is 2.27 bits per heavy atom. The minimum absolute atomic E-state index is 0.0433. The van der Waals surface area contributed by atoms with Crippen LogP contribution in [-0.4, -0.2) is 53.9 Å². The van der Waals surface area contributed by atoms with Crippen LogP contribution < -0.4 is 14.2 Å². The van der Waals surface area contributed by atoms with Crippen molar-refractivity contribution < 1.29 is 23.9 Å². The molecule has 0 spiro atoms. The Morgan fingerprint density at radius 1 is 1.09 bits per heavy atom. The lowest BCUT2D eigenvalue weighted by Gasteiger charge is -2.20. The average molecular weight is 454 g/mol. The molecule has 10 nitrogen and oxygen atoms in total. The first kappa shape index (κ1) is 23.6. The predicted molar refractivity (Wildman–Crippen MR) is 122 cm³/mol. The average Bonchev–Trinajstić information content (AvgIpc) is 3.10. The Labute approximate surface area is 191 Å². The fourth-order valence-corrected chi connectivity index (χ4v) is 3.72. The van der Waals surface area contributed by atoms with Crippen LogP contribution in [0.25, 0.3) is 5.69 Å². The number of carbonyl (C=O) groups is 1. The summed E-state index contributed by atoms with van der Waals surface area (Å²) in [5.41, 5.74) is 2.74. The van der Waals surface area contributed by atoms with Crippen LogP contribution in [0.1, 0.15) is 27.3 Å². The van der Waals surface area contributed by atoms with Gasteiger partial charge in [-0.15, -0.1) is 0 Å². The molecule has 3 aromatic rings. The van der Waals surface area contributed by atoms with Gasteiger partial charge in [-0.2, -0.15) is 5.10 Å². The third-order valence-electron chi connectivity index (χ3n) is 5.40. The molecule has 0 saturated heterocycles. The zero-order valence-electron chi connectivity index (χ0n) is 19.4. The van der Waals surface area contributed by atoms with E-state index in [1.54, 1.807) is 7.05 Å². The Hall–Kier alpha value is -4.08. The van der Waals surface area contributed by atoms with Crippen LogP contribution in [0.4, 0.5) is 5.69 Å². The molecule has 0 aliphatic rings. The number of para-hydroxylation sites is 1. The molecular formula is C23H26N4O6. The normalized spacial score (nSPS) is 10.6. The predicted octanol–water partition coefficient (Wildman–Crippen LogP) is 3.70. The molecule has 0 aliphatic carbocycles. The zero-order chi connectivity index (χ0) is 24.3. The Balaban J connectivity index is 2.02. The van der Waals surface area contributed by atoms with E-state index in [-0.39, 0.29) is 29.4 Å². The number of nitro benzene ring substituents is 1. The SMILES string of the molecule is COc1cc(C(=O)N(C)Cc2c(C)nn(-c3ccccc3)c2C)c([N+](=O)[O-])c(OC)c1OC. The number of carbonyl (C=O) groups excluding carboxylic acids is 1. The smallest absolute Gasteiger partial charge is 0.327 e. The number of ether oxygens (including phenoxy) is 3. The third kappa shape index (κ3) is 4.32. The molecule has 0 aliphatic heterocycles. The van der Waals surface area contributed by atoms with Crippen molar-refractivity contribution in [2.45, 2.75) is 20.4 Å². The van der Waals surface area contributed by atoms with E-state index in [2.05, 4.69) is 5.10 Å². The van der Waals surface area contributed by atoms with Gasteiger partial charge in [0.15, 0.2) is 5.75 Å². The van der Waals surface area contributed by atoms with Gasteiger partial charge < -0.3 is 19.1 Å². The molecule has 2 aromatic carbocycles. The highest BCUT2D eigenvalue weighted by atomic mass is 16.6. The first-order chi connectivity index (χ1) is 15.7. The minimum atomic E-state index is -0.661. The van der Waals surface area contributed by atoms with Crippen molar-refractivity contribution >= 4 is 11.6 Å². The summed E-state index contributed by atoms with van der Waals surface area (Å²) in [5, 5.41) is 16.5. The summed E-state index contributed by atoms with van der Waals surface area (Å²) in [4.78, 5) is 26.0. The van der Waals surface area contributed by atoms with Crippen molar-refractivity contribution in [1.29, 1.82) is 0 Å². The van der Waals surface area contributed by atoms with E-state index < -0.39 is 16.5 Å². The van der Waals surface area contributed by atoms with E-state index in [1.807, 2.05) is 48.9 Å². The zero-order valence-corrected chi connectivity index (χ0v) is 19.4. The van der Waals surface area contributed by atoms with E-state index in [0.717, 1.165) is 22.6 Å². The van der Waals surface area contributed by atoms with Crippen LogP contribution >= 0.6 is 0 Å². The molecule has 0 N–H and O–H groups in total. The maximum Gasteiger partial charge on any atom is 0.327 e. The number of aryl methyl sites for hydroxylation is 1. The van der Waals surface area contributed by atoms with Crippen LogP contribution in [-0.2, 0) is 6.54 Å². The van der Waals surface area contributed by atoms with Crippen molar-refractivity contribution in [2.24, 2.45) is 0 Å². The van der Waals surface area contributed by atoms with E-state index in [1.165, 1.54) is 32.3 Å². The molecule has 33 heavy (non-hydrogen) atoms. The molecule has 0 fully saturated rings. The van der Waals surface area contributed by atoms with E-state index >= 15 is 0 Å². The molecule has 0 unspecified atom stereocenters. The number of benzene rings is 2. The van der Waals surface area contributed by atoms with Gasteiger partial charge in [0.1, 0.15) is 5.56 Å². The number of hydrogen-bond acceptors (Lipinski definition) is 7. The minimum Gasteiger partial charge on any atom is -0.493 e. The van der Waals surface area contributed by atoms with Crippen LogP contribution in [0.5, 0.6) is 17.2 Å². The molecule has 1 heterocycles. The summed E-state index contributed by atoms with van der Waals surface area (Å²) in [5.74, 6) is -0.544. The topological polar surface area (TPSA) is 109 Å². The van der Waals surface area contributed by atoms with Crippen LogP contribution in [0.15, 0.2) is 36.4 Å². The Bertz CT molecular complexity index is 1190. The first-order valence-corrected chi connectivity index (χ1v) is 10.1. The summed E-state index contributed by atoms with van der Waals surface area (Å²) in [6, 6.07) is 10.9. The Kier molecular flexibility index (Phi) is 6.86. The summed E-state index contributed by atoms with van der Waals surface area (Å²) >= 11 is 0. The molecule has 1 amide bonds. The fourth-order valence-electron chi connectivity index (χ4n) is 3.72. The van der Waals surface area contributed by atoms with Crippen molar-refractivity contribution in [2.75, 3.05) is 28.4 Å². The molecule has 0 atom stereocenters. The molecule has 3 rings (SSSR count). The highest BCUT2D eigenvalue weighted by Gasteiger charge is 2.34. The van der Waals surface area contributed by atoms with Crippen molar-refractivity contribution in [3.8, 4) is 22.9 Å². The number of aromatic nitrogens is 2. The van der Waals surface area contributed by atoms with Gasteiger partial charge in [0.25, 0.3) is 5.91 Å². The number of amides is 1. The van der Waals surface area contributed by atoms with Gasteiger partial charge in [0.05, 0.1) is 37.6 Å². The number of hydrogen-bond donors (Lipinski definition) is 0. The number of nitro groups is 1. The molecule has 0 radical (unpaired) electrons. The van der Waals surface area contributed by atoms with Crippen molar-refractivity contribution in [3.05, 3.63) is 69.0 Å². The first-order valence-electron chi connectivity index (χ1n) is 10.1. The summed E-state index contributed by atoms with van der Waals surface area (Å²) in [7, 11) is 5.57. The second-order valence-corrected chi connectivity index (χ2v) is 7.36.